The number of nitrogens with one attached hydrogen (secondary N) is 1. The molecule has 0 radical (unpaired) electrons. The first kappa shape index (κ1) is 14.5. The maximum Gasteiger partial charge on any atom is 0.354 e. The van der Waals surface area contributed by atoms with Gasteiger partial charge in [-0.25, -0.2) is 9.78 Å². The van der Waals surface area contributed by atoms with Crippen LogP contribution in [0.1, 0.15) is 46.5 Å². The van der Waals surface area contributed by atoms with Gasteiger partial charge in [-0.05, 0) is 25.0 Å². The molecule has 0 aliphatic heterocycles. The van der Waals surface area contributed by atoms with Crippen LogP contribution in [0.4, 0.5) is 0 Å². The second-order valence-electron chi connectivity index (χ2n) is 4.87. The highest BCUT2D eigenvalue weighted by atomic mass is 16.5. The van der Waals surface area contributed by atoms with Crippen molar-refractivity contribution in [3.63, 3.8) is 0 Å². The van der Waals surface area contributed by atoms with Gasteiger partial charge in [0.05, 0.1) is 12.1 Å². The fourth-order valence-electron chi connectivity index (χ4n) is 2.48. The van der Waals surface area contributed by atoms with Crippen molar-refractivity contribution >= 4 is 11.9 Å². The van der Waals surface area contributed by atoms with Crippen LogP contribution in [-0.4, -0.2) is 41.2 Å². The van der Waals surface area contributed by atoms with E-state index in [1.165, 1.54) is 18.3 Å². The summed E-state index contributed by atoms with van der Waals surface area (Å²) in [5.74, 6) is -1.43. The summed E-state index contributed by atoms with van der Waals surface area (Å²) in [4.78, 5) is 26.7. The number of carbonyl (C=O) groups excluding carboxylic acids is 1. The molecule has 1 aliphatic carbocycles. The Labute approximate surface area is 117 Å². The number of nitrogens with zero attached hydrogens (tertiary/aromatic N) is 1. The second-order valence-corrected chi connectivity index (χ2v) is 4.87. The maximum absolute atomic E-state index is 12.2. The largest absolute Gasteiger partial charge is 0.477 e. The van der Waals surface area contributed by atoms with Crippen molar-refractivity contribution in [3.8, 4) is 0 Å². The Balaban J connectivity index is 2.07. The van der Waals surface area contributed by atoms with Crippen molar-refractivity contribution in [2.45, 2.75) is 37.8 Å². The molecule has 0 unspecified atom stereocenters. The number of carboxylic acids is 1. The van der Waals surface area contributed by atoms with Crippen LogP contribution < -0.4 is 5.32 Å². The van der Waals surface area contributed by atoms with Crippen LogP contribution >= 0.6 is 0 Å². The monoisotopic (exact) mass is 278 g/mol. The van der Waals surface area contributed by atoms with Gasteiger partial charge in [-0.15, -0.1) is 0 Å². The smallest absolute Gasteiger partial charge is 0.354 e. The highest BCUT2D eigenvalue weighted by Gasteiger charge is 2.26. The van der Waals surface area contributed by atoms with Gasteiger partial charge in [0.15, 0.2) is 0 Å². The van der Waals surface area contributed by atoms with Gasteiger partial charge in [0.1, 0.15) is 5.69 Å². The Morgan fingerprint density at radius 3 is 2.85 bits per heavy atom. The lowest BCUT2D eigenvalue weighted by Gasteiger charge is -2.31. The Hall–Kier alpha value is -1.95. The van der Waals surface area contributed by atoms with Crippen LogP contribution in [0.15, 0.2) is 18.3 Å². The summed E-state index contributed by atoms with van der Waals surface area (Å²) in [5, 5.41) is 11.8. The molecule has 0 aromatic carbocycles. The average molecular weight is 278 g/mol. The van der Waals surface area contributed by atoms with Crippen molar-refractivity contribution in [3.05, 3.63) is 29.6 Å². The van der Waals surface area contributed by atoms with Crippen LogP contribution in [0.2, 0.25) is 0 Å². The van der Waals surface area contributed by atoms with E-state index < -0.39 is 5.97 Å². The average Bonchev–Trinajstić information content (AvgIpc) is 2.48. The van der Waals surface area contributed by atoms with Crippen LogP contribution in [-0.2, 0) is 4.74 Å². The molecule has 6 heteroatoms. The number of hydrogen-bond donors (Lipinski definition) is 2. The number of rotatable bonds is 4. The van der Waals surface area contributed by atoms with Crippen molar-refractivity contribution in [1.29, 1.82) is 0 Å². The fraction of sp³-hybridized carbons (Fsp3) is 0.500. The lowest BCUT2D eigenvalue weighted by molar-refractivity contribution is 0.0392. The van der Waals surface area contributed by atoms with Crippen molar-refractivity contribution in [2.24, 2.45) is 0 Å². The summed E-state index contributed by atoms with van der Waals surface area (Å²) >= 11 is 0. The molecular weight excluding hydrogens is 260 g/mol. The van der Waals surface area contributed by atoms with Crippen LogP contribution in [0.25, 0.3) is 0 Å². The molecule has 1 saturated carbocycles. The molecule has 0 saturated heterocycles. The molecule has 0 bridgehead atoms. The Bertz CT molecular complexity index is 504. The summed E-state index contributed by atoms with van der Waals surface area (Å²) in [5.41, 5.74) is 0.169. The van der Waals surface area contributed by atoms with Gasteiger partial charge < -0.3 is 15.2 Å². The minimum atomic E-state index is -1.15. The molecule has 1 aromatic rings. The molecule has 108 valence electrons. The van der Waals surface area contributed by atoms with Gasteiger partial charge in [-0.2, -0.15) is 0 Å². The molecule has 1 fully saturated rings. The van der Waals surface area contributed by atoms with Gasteiger partial charge in [0, 0.05) is 18.9 Å². The van der Waals surface area contributed by atoms with E-state index in [0.29, 0.717) is 5.56 Å². The predicted octanol–water partition coefficient (Wildman–Crippen LogP) is 1.47. The molecule has 2 atom stereocenters. The number of hydrogen-bond acceptors (Lipinski definition) is 4. The maximum atomic E-state index is 12.2. The lowest BCUT2D eigenvalue weighted by atomic mass is 9.92. The Morgan fingerprint density at radius 2 is 2.15 bits per heavy atom. The molecule has 1 amide bonds. The number of amides is 1. The van der Waals surface area contributed by atoms with Gasteiger partial charge >= 0.3 is 5.97 Å². The fourth-order valence-corrected chi connectivity index (χ4v) is 2.48. The molecule has 2 rings (SSSR count). The van der Waals surface area contributed by atoms with Gasteiger partial charge in [0.2, 0.25) is 0 Å². The second kappa shape index (κ2) is 6.47. The summed E-state index contributed by atoms with van der Waals surface area (Å²) in [6.07, 6.45) is 5.31. The van der Waals surface area contributed by atoms with E-state index in [1.54, 1.807) is 7.11 Å². The number of pyridine rings is 1. The standard InChI is InChI=1S/C14H18N2O4/c1-20-12-5-3-2-4-10(12)16-13(17)9-6-7-15-11(8-9)14(18)19/h6-8,10,12H,2-5H2,1H3,(H,16,17)(H,18,19)/t10-,12-/m0/s1. The number of methoxy groups -OCH3 is 1. The number of carboxylic acid groups (broad SMARTS) is 1. The third-order valence-electron chi connectivity index (χ3n) is 3.56. The molecule has 2 N–H and O–H groups in total. The number of carbonyl (C=O) groups is 2. The van der Waals surface area contributed by atoms with Crippen molar-refractivity contribution in [1.82, 2.24) is 10.3 Å². The van der Waals surface area contributed by atoms with Crippen LogP contribution in [0.3, 0.4) is 0 Å². The van der Waals surface area contributed by atoms with E-state index in [9.17, 15) is 9.59 Å². The van der Waals surface area contributed by atoms with Gasteiger partial charge in [-0.3, -0.25) is 4.79 Å². The highest BCUT2D eigenvalue weighted by Crippen LogP contribution is 2.21. The third-order valence-corrected chi connectivity index (χ3v) is 3.56. The molecular formula is C14H18N2O4. The van der Waals surface area contributed by atoms with E-state index in [2.05, 4.69) is 10.3 Å². The molecule has 6 nitrogen and oxygen atoms in total. The van der Waals surface area contributed by atoms with E-state index >= 15 is 0 Å². The topological polar surface area (TPSA) is 88.5 Å². The van der Waals surface area contributed by atoms with Gasteiger partial charge in [0.25, 0.3) is 5.91 Å². The third kappa shape index (κ3) is 3.33. The quantitative estimate of drug-likeness (QED) is 0.870. The van der Waals surface area contributed by atoms with E-state index in [0.717, 1.165) is 25.7 Å². The minimum absolute atomic E-state index is 0.0217. The number of aromatic carboxylic acids is 1. The van der Waals surface area contributed by atoms with Crippen LogP contribution in [0, 0.1) is 0 Å². The van der Waals surface area contributed by atoms with E-state index in [-0.39, 0.29) is 23.7 Å². The molecule has 20 heavy (non-hydrogen) atoms. The number of ether oxygens (including phenoxy) is 1. The first-order valence-electron chi connectivity index (χ1n) is 6.65. The first-order chi connectivity index (χ1) is 9.61. The minimum Gasteiger partial charge on any atom is -0.477 e. The summed E-state index contributed by atoms with van der Waals surface area (Å²) < 4.78 is 5.38. The Kier molecular flexibility index (Phi) is 4.68. The van der Waals surface area contributed by atoms with Crippen molar-refractivity contribution < 1.29 is 19.4 Å². The SMILES string of the molecule is CO[C@H]1CCCC[C@@H]1NC(=O)c1ccnc(C(=O)O)c1. The van der Waals surface area contributed by atoms with E-state index in [4.69, 9.17) is 9.84 Å². The zero-order valence-electron chi connectivity index (χ0n) is 11.3. The summed E-state index contributed by atoms with van der Waals surface area (Å²) in [6, 6.07) is 2.76. The molecule has 1 heterocycles. The normalized spacial score (nSPS) is 22.2. The van der Waals surface area contributed by atoms with Gasteiger partial charge in [-0.1, -0.05) is 12.8 Å². The zero-order chi connectivity index (χ0) is 14.5. The summed E-state index contributed by atoms with van der Waals surface area (Å²) in [6.45, 7) is 0. The zero-order valence-corrected chi connectivity index (χ0v) is 11.3. The lowest BCUT2D eigenvalue weighted by Crippen LogP contribution is -2.46. The summed E-state index contributed by atoms with van der Waals surface area (Å²) in [7, 11) is 1.64. The first-order valence-corrected chi connectivity index (χ1v) is 6.65. The molecule has 1 aliphatic rings. The Morgan fingerprint density at radius 1 is 1.40 bits per heavy atom. The van der Waals surface area contributed by atoms with Crippen molar-refractivity contribution in [2.75, 3.05) is 7.11 Å². The molecule has 0 spiro atoms. The molecule has 1 aromatic heterocycles. The highest BCUT2D eigenvalue weighted by molar-refractivity contribution is 5.96. The van der Waals surface area contributed by atoms with Crippen LogP contribution in [0.5, 0.6) is 0 Å². The predicted molar refractivity (Wildman–Crippen MR) is 71.7 cm³/mol. The number of aromatic nitrogens is 1. The van der Waals surface area contributed by atoms with E-state index in [1.807, 2.05) is 0 Å².